The first-order valence-corrected chi connectivity index (χ1v) is 8.75. The van der Waals surface area contributed by atoms with Crippen LogP contribution < -0.4 is 0 Å². The van der Waals surface area contributed by atoms with E-state index in [0.717, 1.165) is 26.4 Å². The van der Waals surface area contributed by atoms with E-state index >= 15 is 0 Å². The average Bonchev–Trinajstić information content (AvgIpc) is 2.66. The standard InChI is InChI=1S/C17H15NO7S/c1-10-8-15(13(18-21)9-12(10)17(20)25-3)26(22,23)14-7-5-4-6-11(14)16(19)24-2/h4-9H,1-3H3. The summed E-state index contributed by atoms with van der Waals surface area (Å²) in [6.07, 6.45) is 0. The molecule has 0 aromatic heterocycles. The Balaban J connectivity index is 2.76. The van der Waals surface area contributed by atoms with Gasteiger partial charge in [0.25, 0.3) is 0 Å². The van der Waals surface area contributed by atoms with Gasteiger partial charge < -0.3 is 9.47 Å². The number of rotatable bonds is 5. The number of aryl methyl sites for hydroxylation is 1. The van der Waals surface area contributed by atoms with Crippen LogP contribution in [0.1, 0.15) is 26.3 Å². The molecule has 0 bridgehead atoms. The van der Waals surface area contributed by atoms with E-state index in [2.05, 4.69) is 14.7 Å². The SMILES string of the molecule is COC(=O)c1cc(N=O)c(S(=O)(=O)c2ccccc2C(=O)OC)cc1C. The zero-order valence-corrected chi connectivity index (χ0v) is 15.0. The lowest BCUT2D eigenvalue weighted by Crippen LogP contribution is -2.12. The predicted octanol–water partition coefficient (Wildman–Crippen LogP) is 2.80. The Morgan fingerprint density at radius 3 is 2.08 bits per heavy atom. The van der Waals surface area contributed by atoms with Gasteiger partial charge in [-0.25, -0.2) is 18.0 Å². The van der Waals surface area contributed by atoms with E-state index in [0.29, 0.717) is 0 Å². The summed E-state index contributed by atoms with van der Waals surface area (Å²) >= 11 is 0. The number of carbonyl (C=O) groups excluding carboxylic acids is 2. The van der Waals surface area contributed by atoms with Gasteiger partial charge in [-0.1, -0.05) is 12.1 Å². The molecule has 0 amide bonds. The van der Waals surface area contributed by atoms with E-state index in [1.807, 2.05) is 0 Å². The molecule has 26 heavy (non-hydrogen) atoms. The van der Waals surface area contributed by atoms with Crippen LogP contribution in [0.2, 0.25) is 0 Å². The van der Waals surface area contributed by atoms with Crippen molar-refractivity contribution >= 4 is 27.5 Å². The molecule has 0 unspecified atom stereocenters. The fraction of sp³-hybridized carbons (Fsp3) is 0.176. The first-order valence-electron chi connectivity index (χ1n) is 7.26. The Hall–Kier alpha value is -3.07. The Morgan fingerprint density at radius 1 is 0.923 bits per heavy atom. The molecule has 2 aromatic carbocycles. The molecule has 0 fully saturated rings. The number of nitroso groups, excluding NO2 is 1. The fourth-order valence-corrected chi connectivity index (χ4v) is 4.02. The first-order chi connectivity index (χ1) is 12.3. The third kappa shape index (κ3) is 3.33. The number of ether oxygens (including phenoxy) is 2. The Bertz CT molecular complexity index is 996. The molecule has 9 heteroatoms. The second-order valence-electron chi connectivity index (χ2n) is 5.21. The number of methoxy groups -OCH3 is 2. The molecule has 0 N–H and O–H groups in total. The topological polar surface area (TPSA) is 116 Å². The number of nitrogens with zero attached hydrogens (tertiary/aromatic N) is 1. The molecule has 2 aromatic rings. The highest BCUT2D eigenvalue weighted by atomic mass is 32.2. The molecule has 0 aliphatic heterocycles. The lowest BCUT2D eigenvalue weighted by molar-refractivity contribution is 0.0589. The van der Waals surface area contributed by atoms with Crippen molar-refractivity contribution in [3.05, 3.63) is 58.0 Å². The molecule has 0 saturated carbocycles. The van der Waals surface area contributed by atoms with Crippen LogP contribution in [0, 0.1) is 11.8 Å². The van der Waals surface area contributed by atoms with Gasteiger partial charge in [-0.15, -0.1) is 4.91 Å². The van der Waals surface area contributed by atoms with Crippen LogP contribution >= 0.6 is 0 Å². The Kier molecular flexibility index (Phi) is 5.51. The van der Waals surface area contributed by atoms with E-state index in [9.17, 15) is 22.9 Å². The highest BCUT2D eigenvalue weighted by Gasteiger charge is 2.29. The zero-order chi connectivity index (χ0) is 19.5. The highest BCUT2D eigenvalue weighted by Crippen LogP contribution is 2.34. The number of hydrogen-bond acceptors (Lipinski definition) is 8. The maximum absolute atomic E-state index is 13.0. The quantitative estimate of drug-likeness (QED) is 0.581. The normalized spacial score (nSPS) is 10.9. The molecule has 0 spiro atoms. The van der Waals surface area contributed by atoms with Crippen molar-refractivity contribution in [2.24, 2.45) is 5.18 Å². The van der Waals surface area contributed by atoms with Gasteiger partial charge in [-0.05, 0) is 41.9 Å². The van der Waals surface area contributed by atoms with Crippen molar-refractivity contribution < 1.29 is 27.5 Å². The predicted molar refractivity (Wildman–Crippen MR) is 91.2 cm³/mol. The van der Waals surface area contributed by atoms with Crippen LogP contribution in [0.5, 0.6) is 0 Å². The Labute approximate surface area is 149 Å². The fourth-order valence-electron chi connectivity index (χ4n) is 2.38. The maximum atomic E-state index is 13.0. The molecule has 0 aliphatic carbocycles. The van der Waals surface area contributed by atoms with Crippen molar-refractivity contribution in [1.82, 2.24) is 0 Å². The third-order valence-corrected chi connectivity index (χ3v) is 5.52. The molecule has 0 aliphatic rings. The van der Waals surface area contributed by atoms with E-state index in [1.54, 1.807) is 0 Å². The van der Waals surface area contributed by atoms with E-state index in [4.69, 9.17) is 0 Å². The molecule has 0 atom stereocenters. The van der Waals surface area contributed by atoms with Crippen LogP contribution in [-0.2, 0) is 19.3 Å². The van der Waals surface area contributed by atoms with Gasteiger partial charge in [0, 0.05) is 0 Å². The minimum atomic E-state index is -4.29. The number of esters is 2. The van der Waals surface area contributed by atoms with E-state index in [-0.39, 0.29) is 21.6 Å². The average molecular weight is 377 g/mol. The van der Waals surface area contributed by atoms with Crippen LogP contribution in [0.3, 0.4) is 0 Å². The molecule has 8 nitrogen and oxygen atoms in total. The van der Waals surface area contributed by atoms with Gasteiger partial charge in [-0.3, -0.25) is 0 Å². The summed E-state index contributed by atoms with van der Waals surface area (Å²) in [4.78, 5) is 34.1. The highest BCUT2D eigenvalue weighted by molar-refractivity contribution is 7.91. The third-order valence-electron chi connectivity index (χ3n) is 3.68. The summed E-state index contributed by atoms with van der Waals surface area (Å²) in [5, 5.41) is 2.72. The van der Waals surface area contributed by atoms with Gasteiger partial charge in [-0.2, -0.15) is 0 Å². The van der Waals surface area contributed by atoms with Gasteiger partial charge in [0.2, 0.25) is 9.84 Å². The van der Waals surface area contributed by atoms with Crippen LogP contribution in [0.15, 0.2) is 51.4 Å². The van der Waals surface area contributed by atoms with Crippen LogP contribution in [0.4, 0.5) is 5.69 Å². The van der Waals surface area contributed by atoms with Crippen molar-refractivity contribution in [3.8, 4) is 0 Å². The molecule has 136 valence electrons. The maximum Gasteiger partial charge on any atom is 0.339 e. The summed E-state index contributed by atoms with van der Waals surface area (Å²) in [6.45, 7) is 1.49. The second kappa shape index (κ2) is 7.44. The first kappa shape index (κ1) is 19.3. The van der Waals surface area contributed by atoms with Crippen molar-refractivity contribution in [2.45, 2.75) is 16.7 Å². The van der Waals surface area contributed by atoms with Gasteiger partial charge in [0.1, 0.15) is 10.6 Å². The van der Waals surface area contributed by atoms with Gasteiger partial charge >= 0.3 is 11.9 Å². The summed E-state index contributed by atoms with van der Waals surface area (Å²) in [5.74, 6) is -1.57. The number of benzene rings is 2. The van der Waals surface area contributed by atoms with E-state index < -0.39 is 32.4 Å². The van der Waals surface area contributed by atoms with Gasteiger partial charge in [0.05, 0.1) is 30.2 Å². The number of sulfone groups is 1. The van der Waals surface area contributed by atoms with Gasteiger partial charge in [0.15, 0.2) is 0 Å². The van der Waals surface area contributed by atoms with Crippen LogP contribution in [-0.4, -0.2) is 34.6 Å². The summed E-state index contributed by atoms with van der Waals surface area (Å²) in [5.41, 5.74) is -0.349. The molecular weight excluding hydrogens is 362 g/mol. The Morgan fingerprint density at radius 2 is 1.50 bits per heavy atom. The minimum absolute atomic E-state index is 0.0160. The monoisotopic (exact) mass is 377 g/mol. The second-order valence-corrected chi connectivity index (χ2v) is 7.10. The molecular formula is C17H15NO7S. The minimum Gasteiger partial charge on any atom is -0.465 e. The van der Waals surface area contributed by atoms with Crippen molar-refractivity contribution in [3.63, 3.8) is 0 Å². The molecule has 0 radical (unpaired) electrons. The summed E-state index contributed by atoms with van der Waals surface area (Å²) in [6, 6.07) is 7.62. The van der Waals surface area contributed by atoms with Crippen molar-refractivity contribution in [2.75, 3.05) is 14.2 Å². The smallest absolute Gasteiger partial charge is 0.339 e. The lowest BCUT2D eigenvalue weighted by Gasteiger charge is -2.12. The van der Waals surface area contributed by atoms with Crippen molar-refractivity contribution in [1.29, 1.82) is 0 Å². The molecule has 2 rings (SSSR count). The number of hydrogen-bond donors (Lipinski definition) is 0. The zero-order valence-electron chi connectivity index (χ0n) is 14.2. The lowest BCUT2D eigenvalue weighted by atomic mass is 10.1. The largest absolute Gasteiger partial charge is 0.465 e. The summed E-state index contributed by atoms with van der Waals surface area (Å²) in [7, 11) is -2.00. The molecule has 0 saturated heterocycles. The summed E-state index contributed by atoms with van der Waals surface area (Å²) < 4.78 is 35.3. The van der Waals surface area contributed by atoms with Crippen LogP contribution in [0.25, 0.3) is 0 Å². The van der Waals surface area contributed by atoms with E-state index in [1.165, 1.54) is 31.2 Å². The molecule has 0 heterocycles. The number of carbonyl (C=O) groups is 2.